The molecule has 0 aromatic heterocycles. The van der Waals surface area contributed by atoms with Gasteiger partial charge in [-0.05, 0) is 5.56 Å². The highest BCUT2D eigenvalue weighted by molar-refractivity contribution is 5.33. The third kappa shape index (κ3) is 1.61. The lowest BCUT2D eigenvalue weighted by molar-refractivity contribution is -0.202. The monoisotopic (exact) mass is 220 g/mol. The van der Waals surface area contributed by atoms with Gasteiger partial charge in [-0.2, -0.15) is 8.78 Å². The molecule has 2 rings (SSSR count). The number of ether oxygens (including phenoxy) is 1. The minimum absolute atomic E-state index is 0.0929. The van der Waals surface area contributed by atoms with E-state index in [2.05, 4.69) is 4.74 Å². The molecule has 1 fully saturated rings. The Morgan fingerprint density at radius 3 is 2.07 bits per heavy atom. The number of rotatable bonds is 3. The van der Waals surface area contributed by atoms with Crippen LogP contribution in [0, 0.1) is 0 Å². The Morgan fingerprint density at radius 1 is 1.13 bits per heavy atom. The van der Waals surface area contributed by atoms with E-state index in [1.165, 1.54) is 24.3 Å². The van der Waals surface area contributed by atoms with Crippen molar-refractivity contribution in [3.63, 3.8) is 0 Å². The largest absolute Gasteiger partial charge is 0.346 e. The van der Waals surface area contributed by atoms with Crippen LogP contribution in [0.15, 0.2) is 30.3 Å². The lowest BCUT2D eigenvalue weighted by Crippen LogP contribution is -2.23. The van der Waals surface area contributed by atoms with Gasteiger partial charge in [0.15, 0.2) is 5.60 Å². The molecule has 0 spiro atoms. The summed E-state index contributed by atoms with van der Waals surface area (Å²) in [7, 11) is 0. The van der Waals surface area contributed by atoms with Crippen LogP contribution in [0.1, 0.15) is 12.0 Å². The molecule has 82 valence electrons. The summed E-state index contributed by atoms with van der Waals surface area (Å²) in [5.41, 5.74) is -2.03. The van der Waals surface area contributed by atoms with Crippen LogP contribution in [0.3, 0.4) is 0 Å². The summed E-state index contributed by atoms with van der Waals surface area (Å²) in [6, 6.07) is 7.38. The first-order valence-electron chi connectivity index (χ1n) is 4.37. The van der Waals surface area contributed by atoms with E-state index >= 15 is 0 Å². The van der Waals surface area contributed by atoms with E-state index in [9.17, 15) is 17.6 Å². The molecule has 0 heterocycles. The minimum Gasteiger partial charge on any atom is -0.305 e. The van der Waals surface area contributed by atoms with Gasteiger partial charge in [-0.15, -0.1) is 0 Å². The molecule has 0 bridgehead atoms. The van der Waals surface area contributed by atoms with Gasteiger partial charge in [0.1, 0.15) is 0 Å². The van der Waals surface area contributed by atoms with Gasteiger partial charge in [-0.25, -0.2) is 8.78 Å². The molecule has 1 aromatic carbocycles. The molecule has 15 heavy (non-hydrogen) atoms. The van der Waals surface area contributed by atoms with Crippen LogP contribution in [0.25, 0.3) is 0 Å². The summed E-state index contributed by atoms with van der Waals surface area (Å²) < 4.78 is 54.2. The summed E-state index contributed by atoms with van der Waals surface area (Å²) in [6.07, 6.45) is -0.686. The zero-order valence-corrected chi connectivity index (χ0v) is 7.59. The summed E-state index contributed by atoms with van der Waals surface area (Å²) in [6.45, 7) is -3.20. The van der Waals surface area contributed by atoms with Crippen LogP contribution >= 0.6 is 0 Å². The molecule has 1 aliphatic rings. The van der Waals surface area contributed by atoms with E-state index in [0.717, 1.165) is 0 Å². The zero-order chi connectivity index (χ0) is 11.1. The zero-order valence-electron chi connectivity index (χ0n) is 7.59. The molecule has 1 aromatic rings. The molecule has 0 amide bonds. The molecular weight excluding hydrogens is 212 g/mol. The van der Waals surface area contributed by atoms with Gasteiger partial charge < -0.3 is 4.74 Å². The summed E-state index contributed by atoms with van der Waals surface area (Å²) in [5.74, 6) is -3.20. The van der Waals surface area contributed by atoms with Crippen LogP contribution in [0.2, 0.25) is 0 Å². The summed E-state index contributed by atoms with van der Waals surface area (Å²) in [5, 5.41) is 0. The van der Waals surface area contributed by atoms with Gasteiger partial charge in [0.25, 0.3) is 5.92 Å². The summed E-state index contributed by atoms with van der Waals surface area (Å²) >= 11 is 0. The van der Waals surface area contributed by atoms with Crippen LogP contribution in [-0.2, 0) is 10.3 Å². The Labute approximate surface area is 83.7 Å². The average Bonchev–Trinajstić information content (AvgIpc) is 2.70. The van der Waals surface area contributed by atoms with E-state index in [1.807, 2.05) is 0 Å². The summed E-state index contributed by atoms with van der Waals surface area (Å²) in [4.78, 5) is 0. The highest BCUT2D eigenvalue weighted by atomic mass is 19.3. The van der Waals surface area contributed by atoms with Crippen molar-refractivity contribution in [2.24, 2.45) is 0 Å². The predicted molar refractivity (Wildman–Crippen MR) is 44.8 cm³/mol. The highest BCUT2D eigenvalue weighted by Crippen LogP contribution is 2.62. The topological polar surface area (TPSA) is 9.23 Å². The van der Waals surface area contributed by atoms with E-state index < -0.39 is 24.6 Å². The van der Waals surface area contributed by atoms with Crippen molar-refractivity contribution in [1.82, 2.24) is 0 Å². The van der Waals surface area contributed by atoms with Crippen molar-refractivity contribution in [2.75, 3.05) is 0 Å². The second-order valence-corrected chi connectivity index (χ2v) is 3.45. The SMILES string of the molecule is FC(F)OC1(c2ccccc2)CC1(F)F. The first-order chi connectivity index (χ1) is 6.98. The lowest BCUT2D eigenvalue weighted by atomic mass is 10.1. The molecule has 1 unspecified atom stereocenters. The van der Waals surface area contributed by atoms with Gasteiger partial charge in [0, 0.05) is 0 Å². The first kappa shape index (κ1) is 10.4. The molecule has 1 aliphatic carbocycles. The Kier molecular flexibility index (Phi) is 2.22. The standard InChI is InChI=1S/C10H8F4O/c11-8(12)15-9(6-10(9,13)14)7-4-2-1-3-5-7/h1-5,8H,6H2. The maximum atomic E-state index is 13.0. The van der Waals surface area contributed by atoms with Gasteiger partial charge in [-0.1, -0.05) is 30.3 Å². The number of halogens is 4. The van der Waals surface area contributed by atoms with Crippen molar-refractivity contribution in [3.05, 3.63) is 35.9 Å². The third-order valence-electron chi connectivity index (χ3n) is 2.47. The van der Waals surface area contributed by atoms with Crippen LogP contribution in [-0.4, -0.2) is 12.5 Å². The Hall–Kier alpha value is -1.10. The molecule has 0 saturated heterocycles. The molecule has 1 saturated carbocycles. The molecular formula is C10H8F4O. The minimum atomic E-state index is -3.20. The fraction of sp³-hybridized carbons (Fsp3) is 0.400. The fourth-order valence-electron chi connectivity index (χ4n) is 1.64. The Morgan fingerprint density at radius 2 is 1.67 bits per heavy atom. The predicted octanol–water partition coefficient (Wildman–Crippen LogP) is 3.16. The maximum Gasteiger partial charge on any atom is 0.346 e. The molecule has 5 heteroatoms. The third-order valence-corrected chi connectivity index (χ3v) is 2.47. The number of hydrogen-bond acceptors (Lipinski definition) is 1. The number of benzene rings is 1. The van der Waals surface area contributed by atoms with Gasteiger partial charge in [0.2, 0.25) is 0 Å². The van der Waals surface area contributed by atoms with Crippen molar-refractivity contribution < 1.29 is 22.3 Å². The molecule has 0 radical (unpaired) electrons. The van der Waals surface area contributed by atoms with E-state index in [4.69, 9.17) is 0 Å². The van der Waals surface area contributed by atoms with E-state index in [0.29, 0.717) is 0 Å². The highest BCUT2D eigenvalue weighted by Gasteiger charge is 2.74. The molecule has 1 nitrogen and oxygen atoms in total. The maximum absolute atomic E-state index is 13.0. The quantitative estimate of drug-likeness (QED) is 0.711. The van der Waals surface area contributed by atoms with Crippen molar-refractivity contribution >= 4 is 0 Å². The van der Waals surface area contributed by atoms with Gasteiger partial charge in [0.05, 0.1) is 6.42 Å². The first-order valence-corrected chi connectivity index (χ1v) is 4.37. The normalized spacial score (nSPS) is 28.1. The van der Waals surface area contributed by atoms with Crippen LogP contribution in [0.4, 0.5) is 17.6 Å². The van der Waals surface area contributed by atoms with Gasteiger partial charge in [-0.3, -0.25) is 0 Å². The van der Waals surface area contributed by atoms with Crippen molar-refractivity contribution in [3.8, 4) is 0 Å². The Balaban J connectivity index is 2.31. The number of alkyl halides is 4. The molecule has 0 N–H and O–H groups in total. The van der Waals surface area contributed by atoms with Gasteiger partial charge >= 0.3 is 6.61 Å². The second-order valence-electron chi connectivity index (χ2n) is 3.45. The Bertz CT molecular complexity index is 352. The number of hydrogen-bond donors (Lipinski definition) is 0. The van der Waals surface area contributed by atoms with Crippen molar-refractivity contribution in [1.29, 1.82) is 0 Å². The van der Waals surface area contributed by atoms with Crippen molar-refractivity contribution in [2.45, 2.75) is 24.6 Å². The second kappa shape index (κ2) is 3.20. The average molecular weight is 220 g/mol. The van der Waals surface area contributed by atoms with E-state index in [-0.39, 0.29) is 5.56 Å². The van der Waals surface area contributed by atoms with Crippen LogP contribution in [0.5, 0.6) is 0 Å². The molecule has 0 aliphatic heterocycles. The lowest BCUT2D eigenvalue weighted by Gasteiger charge is -2.16. The molecule has 1 atom stereocenters. The van der Waals surface area contributed by atoms with Crippen LogP contribution < -0.4 is 0 Å². The smallest absolute Gasteiger partial charge is 0.305 e. The fourth-order valence-corrected chi connectivity index (χ4v) is 1.64. The van der Waals surface area contributed by atoms with E-state index in [1.54, 1.807) is 6.07 Å².